The van der Waals surface area contributed by atoms with Crippen LogP contribution in [0, 0.1) is 11.3 Å². The number of carboxylic acids is 1. The molecule has 0 aromatic rings. The first-order valence-corrected chi connectivity index (χ1v) is 7.48. The number of ether oxygens (including phenoxy) is 1. The Balaban J connectivity index is 2.44. The van der Waals surface area contributed by atoms with Gasteiger partial charge in [-0.05, 0) is 31.6 Å². The van der Waals surface area contributed by atoms with Gasteiger partial charge >= 0.3 is 12.0 Å². The first-order chi connectivity index (χ1) is 9.61. The summed E-state index contributed by atoms with van der Waals surface area (Å²) in [5, 5.41) is 14.9. The largest absolute Gasteiger partial charge is 0.481 e. The second kappa shape index (κ2) is 7.11. The van der Waals surface area contributed by atoms with E-state index in [2.05, 4.69) is 10.6 Å². The maximum Gasteiger partial charge on any atom is 0.315 e. The fourth-order valence-electron chi connectivity index (χ4n) is 2.47. The van der Waals surface area contributed by atoms with Gasteiger partial charge < -0.3 is 20.5 Å². The van der Waals surface area contributed by atoms with Crippen LogP contribution in [-0.2, 0) is 9.53 Å². The summed E-state index contributed by atoms with van der Waals surface area (Å²) in [5.74, 6) is -1.44. The summed E-state index contributed by atoms with van der Waals surface area (Å²) in [5.41, 5.74) is -0.362. The number of nitrogens with one attached hydrogen (secondary N) is 2. The van der Waals surface area contributed by atoms with Gasteiger partial charge in [0.15, 0.2) is 0 Å². The molecule has 2 amide bonds. The van der Waals surface area contributed by atoms with Gasteiger partial charge in [0.2, 0.25) is 0 Å². The molecule has 0 radical (unpaired) electrons. The van der Waals surface area contributed by atoms with Gasteiger partial charge in [0, 0.05) is 25.3 Å². The van der Waals surface area contributed by atoms with Crippen LogP contribution in [0.3, 0.4) is 0 Å². The van der Waals surface area contributed by atoms with Crippen molar-refractivity contribution in [2.45, 2.75) is 52.5 Å². The fraction of sp³-hybridized carbons (Fsp3) is 0.867. The van der Waals surface area contributed by atoms with Crippen LogP contribution in [0.2, 0.25) is 0 Å². The maximum atomic E-state index is 12.0. The number of amides is 2. The Morgan fingerprint density at radius 2 is 1.86 bits per heavy atom. The fourth-order valence-corrected chi connectivity index (χ4v) is 2.47. The number of rotatable bonds is 5. The smallest absolute Gasteiger partial charge is 0.315 e. The molecule has 0 aromatic carbocycles. The Morgan fingerprint density at radius 3 is 2.33 bits per heavy atom. The summed E-state index contributed by atoms with van der Waals surface area (Å²) in [6.07, 6.45) is 2.06. The van der Waals surface area contributed by atoms with Crippen molar-refractivity contribution in [2.75, 3.05) is 19.8 Å². The van der Waals surface area contributed by atoms with Gasteiger partial charge in [-0.25, -0.2) is 4.79 Å². The Hall–Kier alpha value is -1.30. The number of urea groups is 1. The van der Waals surface area contributed by atoms with Crippen molar-refractivity contribution < 1.29 is 19.4 Å². The molecule has 0 bridgehead atoms. The second-order valence-electron chi connectivity index (χ2n) is 7.31. The molecule has 1 unspecified atom stereocenters. The molecule has 1 heterocycles. The molecular weight excluding hydrogens is 272 g/mol. The molecule has 1 rings (SSSR count). The van der Waals surface area contributed by atoms with E-state index in [1.165, 1.54) is 0 Å². The molecule has 0 aromatic heterocycles. The normalized spacial score (nSPS) is 19.6. The van der Waals surface area contributed by atoms with Crippen LogP contribution in [0.5, 0.6) is 0 Å². The van der Waals surface area contributed by atoms with Crippen LogP contribution in [0.4, 0.5) is 4.79 Å². The molecule has 6 heteroatoms. The molecular formula is C15H28N2O4. The molecule has 1 atom stereocenters. The van der Waals surface area contributed by atoms with E-state index in [0.717, 1.165) is 12.8 Å². The number of hydrogen-bond acceptors (Lipinski definition) is 3. The third-order valence-electron chi connectivity index (χ3n) is 3.73. The predicted molar refractivity (Wildman–Crippen MR) is 80.2 cm³/mol. The van der Waals surface area contributed by atoms with Gasteiger partial charge in [0.1, 0.15) is 0 Å². The quantitative estimate of drug-likeness (QED) is 0.724. The molecule has 0 aliphatic carbocycles. The van der Waals surface area contributed by atoms with Crippen LogP contribution in [0.15, 0.2) is 0 Å². The van der Waals surface area contributed by atoms with Crippen molar-refractivity contribution in [3.63, 3.8) is 0 Å². The van der Waals surface area contributed by atoms with Crippen LogP contribution in [-0.4, -0.2) is 42.4 Å². The van der Waals surface area contributed by atoms with E-state index in [4.69, 9.17) is 4.74 Å². The van der Waals surface area contributed by atoms with Gasteiger partial charge in [0.25, 0.3) is 0 Å². The molecule has 0 saturated carbocycles. The number of aliphatic carboxylic acids is 1. The topological polar surface area (TPSA) is 87.7 Å². The van der Waals surface area contributed by atoms with Crippen LogP contribution >= 0.6 is 0 Å². The predicted octanol–water partition coefficient (Wildman–Crippen LogP) is 1.99. The molecule has 1 saturated heterocycles. The molecule has 6 nitrogen and oxygen atoms in total. The van der Waals surface area contributed by atoms with Crippen molar-refractivity contribution in [2.24, 2.45) is 11.3 Å². The third-order valence-corrected chi connectivity index (χ3v) is 3.73. The van der Waals surface area contributed by atoms with E-state index in [9.17, 15) is 14.7 Å². The minimum atomic E-state index is -0.873. The van der Waals surface area contributed by atoms with Crippen LogP contribution in [0.1, 0.15) is 47.0 Å². The molecule has 122 valence electrons. The minimum absolute atomic E-state index is 0.0894. The highest BCUT2D eigenvalue weighted by Crippen LogP contribution is 2.24. The van der Waals surface area contributed by atoms with E-state index >= 15 is 0 Å². The number of hydrogen-bond donors (Lipinski definition) is 3. The summed E-state index contributed by atoms with van der Waals surface area (Å²) in [4.78, 5) is 23.2. The first kappa shape index (κ1) is 17.8. The Morgan fingerprint density at radius 1 is 1.29 bits per heavy atom. The minimum Gasteiger partial charge on any atom is -0.481 e. The molecule has 0 spiro atoms. The second-order valence-corrected chi connectivity index (χ2v) is 7.31. The maximum absolute atomic E-state index is 12.0. The van der Waals surface area contributed by atoms with E-state index in [0.29, 0.717) is 19.6 Å². The summed E-state index contributed by atoms with van der Waals surface area (Å²) in [6.45, 7) is 9.38. The van der Waals surface area contributed by atoms with E-state index in [1.54, 1.807) is 0 Å². The Bertz CT molecular complexity index is 370. The summed E-state index contributed by atoms with van der Waals surface area (Å²) < 4.78 is 5.28. The zero-order valence-corrected chi connectivity index (χ0v) is 13.5. The van der Waals surface area contributed by atoms with Gasteiger partial charge in [0.05, 0.1) is 5.92 Å². The third kappa shape index (κ3) is 6.80. The van der Waals surface area contributed by atoms with Crippen LogP contribution in [0.25, 0.3) is 0 Å². The highest BCUT2D eigenvalue weighted by Gasteiger charge is 2.30. The van der Waals surface area contributed by atoms with Crippen molar-refractivity contribution in [1.29, 1.82) is 0 Å². The summed E-state index contributed by atoms with van der Waals surface area (Å²) in [7, 11) is 0. The zero-order chi connectivity index (χ0) is 16.1. The molecule has 21 heavy (non-hydrogen) atoms. The first-order valence-electron chi connectivity index (χ1n) is 7.48. The number of carboxylic acid groups (broad SMARTS) is 1. The summed E-state index contributed by atoms with van der Waals surface area (Å²) in [6, 6.07) is -0.306. The van der Waals surface area contributed by atoms with E-state index in [-0.39, 0.29) is 23.5 Å². The van der Waals surface area contributed by atoms with Crippen molar-refractivity contribution in [1.82, 2.24) is 10.6 Å². The van der Waals surface area contributed by atoms with Crippen molar-refractivity contribution in [3.8, 4) is 0 Å². The van der Waals surface area contributed by atoms with Gasteiger partial charge in [-0.1, -0.05) is 20.8 Å². The van der Waals surface area contributed by atoms with E-state index < -0.39 is 11.9 Å². The lowest BCUT2D eigenvalue weighted by Crippen LogP contribution is -2.53. The van der Waals surface area contributed by atoms with Crippen molar-refractivity contribution >= 4 is 12.0 Å². The highest BCUT2D eigenvalue weighted by molar-refractivity contribution is 5.76. The van der Waals surface area contributed by atoms with Gasteiger partial charge in [-0.2, -0.15) is 0 Å². The zero-order valence-electron chi connectivity index (χ0n) is 13.5. The van der Waals surface area contributed by atoms with Crippen molar-refractivity contribution in [3.05, 3.63) is 0 Å². The van der Waals surface area contributed by atoms with Crippen LogP contribution < -0.4 is 10.6 Å². The standard InChI is InChI=1S/C15H28N2O4/c1-14(2,3)9-11(12(18)19)10-16-13(20)17-15(4)5-7-21-8-6-15/h11H,5-10H2,1-4H3,(H,18,19)(H2,16,17,20). The monoisotopic (exact) mass is 300 g/mol. The average molecular weight is 300 g/mol. The number of carbonyl (C=O) groups is 2. The Labute approximate surface area is 126 Å². The SMILES string of the molecule is CC(C)(C)CC(CNC(=O)NC1(C)CCOCC1)C(=O)O. The van der Waals surface area contributed by atoms with Gasteiger partial charge in [-0.3, -0.25) is 4.79 Å². The molecule has 3 N–H and O–H groups in total. The van der Waals surface area contributed by atoms with E-state index in [1.807, 2.05) is 27.7 Å². The molecule has 1 aliphatic heterocycles. The average Bonchev–Trinajstić information content (AvgIpc) is 2.33. The molecule has 1 fully saturated rings. The summed E-state index contributed by atoms with van der Waals surface area (Å²) >= 11 is 0. The lowest BCUT2D eigenvalue weighted by Gasteiger charge is -2.34. The van der Waals surface area contributed by atoms with Gasteiger partial charge in [-0.15, -0.1) is 0 Å². The lowest BCUT2D eigenvalue weighted by atomic mass is 9.84. The highest BCUT2D eigenvalue weighted by atomic mass is 16.5. The number of carbonyl (C=O) groups excluding carboxylic acids is 1. The molecule has 1 aliphatic rings. The Kier molecular flexibility index (Phi) is 6.01. The lowest BCUT2D eigenvalue weighted by molar-refractivity contribution is -0.142.